The van der Waals surface area contributed by atoms with Crippen LogP contribution in [0.3, 0.4) is 0 Å². The van der Waals surface area contributed by atoms with Crippen molar-refractivity contribution in [3.8, 4) is 0 Å². The maximum atomic E-state index is 12.5. The number of aromatic nitrogens is 1. The summed E-state index contributed by atoms with van der Waals surface area (Å²) in [7, 11) is 0. The summed E-state index contributed by atoms with van der Waals surface area (Å²) in [6.45, 7) is 1.18. The molecule has 2 aromatic rings. The van der Waals surface area contributed by atoms with Gasteiger partial charge in [-0.1, -0.05) is 17.7 Å². The van der Waals surface area contributed by atoms with E-state index in [0.29, 0.717) is 24.7 Å². The number of amides is 1. The molecule has 6 nitrogen and oxygen atoms in total. The average Bonchev–Trinajstić information content (AvgIpc) is 2.89. The van der Waals surface area contributed by atoms with Gasteiger partial charge in [-0.05, 0) is 17.7 Å². The molecular formula is C16H17ClN2O4. The zero-order chi connectivity index (χ0) is 16.4. The highest BCUT2D eigenvalue weighted by atomic mass is 35.5. The van der Waals surface area contributed by atoms with E-state index in [1.54, 1.807) is 11.0 Å². The molecular weight excluding hydrogens is 320 g/mol. The third-order valence-corrected chi connectivity index (χ3v) is 4.20. The molecule has 2 N–H and O–H groups in total. The Morgan fingerprint density at radius 3 is 3.04 bits per heavy atom. The molecule has 23 heavy (non-hydrogen) atoms. The Morgan fingerprint density at radius 1 is 1.43 bits per heavy atom. The van der Waals surface area contributed by atoms with E-state index < -0.39 is 12.1 Å². The van der Waals surface area contributed by atoms with Crippen LogP contribution in [0.2, 0.25) is 5.02 Å². The number of carboxylic acid groups (broad SMARTS) is 1. The Bertz CT molecular complexity index is 743. The van der Waals surface area contributed by atoms with E-state index in [-0.39, 0.29) is 18.7 Å². The van der Waals surface area contributed by atoms with Crippen molar-refractivity contribution in [2.75, 3.05) is 19.7 Å². The normalized spacial score (nSPS) is 18.3. The summed E-state index contributed by atoms with van der Waals surface area (Å²) in [5.41, 5.74) is 1.80. The largest absolute Gasteiger partial charge is 0.481 e. The number of benzene rings is 1. The number of hydrogen-bond donors (Lipinski definition) is 2. The van der Waals surface area contributed by atoms with E-state index in [0.717, 1.165) is 16.5 Å². The lowest BCUT2D eigenvalue weighted by Gasteiger charge is -2.32. The fraction of sp³-hybridized carbons (Fsp3) is 0.375. The first-order chi connectivity index (χ1) is 11.0. The van der Waals surface area contributed by atoms with E-state index >= 15 is 0 Å². The summed E-state index contributed by atoms with van der Waals surface area (Å²) in [4.78, 5) is 28.1. The predicted octanol–water partition coefficient (Wildman–Crippen LogP) is 2.07. The number of carbonyl (C=O) groups is 2. The minimum absolute atomic E-state index is 0.0282. The lowest BCUT2D eigenvalue weighted by molar-refractivity contribution is -0.147. The van der Waals surface area contributed by atoms with Crippen molar-refractivity contribution >= 4 is 34.4 Å². The third kappa shape index (κ3) is 3.65. The summed E-state index contributed by atoms with van der Waals surface area (Å²) < 4.78 is 5.39. The molecule has 0 radical (unpaired) electrons. The van der Waals surface area contributed by atoms with Crippen LogP contribution in [0.25, 0.3) is 10.9 Å². The number of H-pyrrole nitrogens is 1. The molecule has 3 rings (SSSR count). The Morgan fingerprint density at radius 2 is 2.26 bits per heavy atom. The van der Waals surface area contributed by atoms with Gasteiger partial charge in [-0.2, -0.15) is 0 Å². The van der Waals surface area contributed by atoms with Gasteiger partial charge in [0.15, 0.2) is 0 Å². The molecule has 0 saturated carbocycles. The van der Waals surface area contributed by atoms with Crippen LogP contribution in [0.4, 0.5) is 0 Å². The van der Waals surface area contributed by atoms with E-state index in [9.17, 15) is 9.59 Å². The van der Waals surface area contributed by atoms with Gasteiger partial charge < -0.3 is 19.7 Å². The standard InChI is InChI=1S/C16H17ClN2O4/c17-11-1-2-13-10(8-18-14(13)6-11)5-15(20)19-3-4-23-12(9-19)7-16(21)22/h1-2,6,8,12,18H,3-5,7,9H2,(H,21,22). The van der Waals surface area contributed by atoms with Crippen molar-refractivity contribution in [2.45, 2.75) is 18.9 Å². The molecule has 1 unspecified atom stereocenters. The lowest BCUT2D eigenvalue weighted by Crippen LogP contribution is -2.46. The number of morpholine rings is 1. The number of aromatic amines is 1. The van der Waals surface area contributed by atoms with Crippen LogP contribution in [-0.4, -0.2) is 52.7 Å². The maximum Gasteiger partial charge on any atom is 0.306 e. The molecule has 1 aromatic carbocycles. The minimum Gasteiger partial charge on any atom is -0.481 e. The molecule has 0 bridgehead atoms. The molecule has 7 heteroatoms. The van der Waals surface area contributed by atoms with Crippen molar-refractivity contribution in [2.24, 2.45) is 0 Å². The van der Waals surface area contributed by atoms with Crippen LogP contribution in [0, 0.1) is 0 Å². The van der Waals surface area contributed by atoms with Gasteiger partial charge >= 0.3 is 5.97 Å². The highest BCUT2D eigenvalue weighted by Crippen LogP contribution is 2.23. The monoisotopic (exact) mass is 336 g/mol. The Balaban J connectivity index is 1.69. The summed E-state index contributed by atoms with van der Waals surface area (Å²) in [5, 5.41) is 10.5. The lowest BCUT2D eigenvalue weighted by atomic mass is 10.1. The molecule has 0 spiro atoms. The van der Waals surface area contributed by atoms with Crippen molar-refractivity contribution in [3.63, 3.8) is 0 Å². The summed E-state index contributed by atoms with van der Waals surface area (Å²) in [6.07, 6.45) is 1.55. The van der Waals surface area contributed by atoms with Crippen LogP contribution < -0.4 is 0 Å². The van der Waals surface area contributed by atoms with Gasteiger partial charge in [-0.15, -0.1) is 0 Å². The van der Waals surface area contributed by atoms with Gasteiger partial charge in [0.1, 0.15) is 0 Å². The zero-order valence-electron chi connectivity index (χ0n) is 12.4. The fourth-order valence-corrected chi connectivity index (χ4v) is 3.02. The number of fused-ring (bicyclic) bond motifs is 1. The smallest absolute Gasteiger partial charge is 0.306 e. The molecule has 2 heterocycles. The van der Waals surface area contributed by atoms with Crippen molar-refractivity contribution in [3.05, 3.63) is 35.0 Å². The Labute approximate surface area is 138 Å². The van der Waals surface area contributed by atoms with Crippen molar-refractivity contribution in [1.29, 1.82) is 0 Å². The fourth-order valence-electron chi connectivity index (χ4n) is 2.84. The topological polar surface area (TPSA) is 82.6 Å². The molecule has 1 atom stereocenters. The second-order valence-corrected chi connectivity index (χ2v) is 6.05. The zero-order valence-corrected chi connectivity index (χ0v) is 13.2. The van der Waals surface area contributed by atoms with Crippen LogP contribution in [0.15, 0.2) is 24.4 Å². The Hall–Kier alpha value is -2.05. The van der Waals surface area contributed by atoms with Gasteiger partial charge in [0.05, 0.1) is 25.6 Å². The van der Waals surface area contributed by atoms with E-state index in [1.807, 2.05) is 18.3 Å². The first-order valence-electron chi connectivity index (χ1n) is 7.39. The third-order valence-electron chi connectivity index (χ3n) is 3.96. The predicted molar refractivity (Wildman–Crippen MR) is 85.6 cm³/mol. The van der Waals surface area contributed by atoms with Crippen molar-refractivity contribution < 1.29 is 19.4 Å². The number of nitrogens with one attached hydrogen (secondary N) is 1. The number of carbonyl (C=O) groups excluding carboxylic acids is 1. The Kier molecular flexibility index (Phi) is 4.54. The van der Waals surface area contributed by atoms with Crippen molar-refractivity contribution in [1.82, 2.24) is 9.88 Å². The second kappa shape index (κ2) is 6.60. The molecule has 1 amide bonds. The van der Waals surface area contributed by atoms with Crippen LogP contribution in [0.1, 0.15) is 12.0 Å². The molecule has 1 aliphatic rings. The first-order valence-corrected chi connectivity index (χ1v) is 7.77. The minimum atomic E-state index is -0.919. The van der Waals surface area contributed by atoms with E-state index in [1.165, 1.54) is 0 Å². The molecule has 1 aliphatic heterocycles. The molecule has 122 valence electrons. The van der Waals surface area contributed by atoms with E-state index in [2.05, 4.69) is 4.98 Å². The quantitative estimate of drug-likeness (QED) is 0.895. The number of hydrogen-bond acceptors (Lipinski definition) is 3. The highest BCUT2D eigenvalue weighted by Gasteiger charge is 2.26. The number of nitrogens with zero attached hydrogens (tertiary/aromatic N) is 1. The summed E-state index contributed by atoms with van der Waals surface area (Å²) in [5.74, 6) is -0.947. The molecule has 1 saturated heterocycles. The first kappa shape index (κ1) is 15.8. The average molecular weight is 337 g/mol. The summed E-state index contributed by atoms with van der Waals surface area (Å²) in [6, 6.07) is 5.51. The SMILES string of the molecule is O=C(O)CC1CN(C(=O)Cc2c[nH]c3cc(Cl)ccc23)CCO1. The molecule has 0 aliphatic carbocycles. The van der Waals surface area contributed by atoms with Gasteiger partial charge in [-0.3, -0.25) is 9.59 Å². The number of aliphatic carboxylic acids is 1. The molecule has 1 fully saturated rings. The summed E-state index contributed by atoms with van der Waals surface area (Å²) >= 11 is 5.96. The highest BCUT2D eigenvalue weighted by molar-refractivity contribution is 6.31. The number of carboxylic acids is 1. The van der Waals surface area contributed by atoms with Gasteiger partial charge in [0.25, 0.3) is 0 Å². The van der Waals surface area contributed by atoms with Gasteiger partial charge in [-0.25, -0.2) is 0 Å². The van der Waals surface area contributed by atoms with E-state index in [4.69, 9.17) is 21.4 Å². The van der Waals surface area contributed by atoms with Gasteiger partial charge in [0, 0.05) is 35.2 Å². The van der Waals surface area contributed by atoms with Crippen LogP contribution in [0.5, 0.6) is 0 Å². The molecule has 1 aromatic heterocycles. The van der Waals surface area contributed by atoms with Gasteiger partial charge in [0.2, 0.25) is 5.91 Å². The van der Waals surface area contributed by atoms with Crippen LogP contribution >= 0.6 is 11.6 Å². The number of halogens is 1. The van der Waals surface area contributed by atoms with Crippen LogP contribution in [-0.2, 0) is 20.7 Å². The number of ether oxygens (including phenoxy) is 1. The second-order valence-electron chi connectivity index (χ2n) is 5.61. The maximum absolute atomic E-state index is 12.5. The number of rotatable bonds is 4.